The highest BCUT2D eigenvalue weighted by molar-refractivity contribution is 5.88. The zero-order valence-electron chi connectivity index (χ0n) is 12.2. The van der Waals surface area contributed by atoms with E-state index in [2.05, 4.69) is 16.8 Å². The number of piperazine rings is 1. The lowest BCUT2D eigenvalue weighted by molar-refractivity contribution is -0.125. The fraction of sp³-hybridized carbons (Fsp3) is 0.786. The maximum atomic E-state index is 12.0. The van der Waals surface area contributed by atoms with E-state index < -0.39 is 6.10 Å². The van der Waals surface area contributed by atoms with Gasteiger partial charge in [0, 0.05) is 45.3 Å². The predicted molar refractivity (Wildman–Crippen MR) is 74.9 cm³/mol. The Morgan fingerprint density at radius 1 is 1.16 bits per heavy atom. The number of aliphatic hydroxyl groups excluding tert-OH is 1. The molecule has 0 spiro atoms. The Hall–Kier alpha value is -0.910. The second kappa shape index (κ2) is 6.03. The minimum atomic E-state index is -0.419. The Balaban J connectivity index is 1.94. The molecule has 0 radical (unpaired) electrons. The van der Waals surface area contributed by atoms with Crippen molar-refractivity contribution in [2.75, 3.05) is 46.3 Å². The number of rotatable bonds is 2. The van der Waals surface area contributed by atoms with Crippen molar-refractivity contribution >= 4 is 5.91 Å². The normalized spacial score (nSPS) is 29.6. The summed E-state index contributed by atoms with van der Waals surface area (Å²) in [6.45, 7) is 8.96. The van der Waals surface area contributed by atoms with E-state index in [1.165, 1.54) is 0 Å². The molecule has 0 aromatic heterocycles. The van der Waals surface area contributed by atoms with E-state index in [1.807, 2.05) is 13.8 Å². The largest absolute Gasteiger partial charge is 0.390 e. The number of hydrogen-bond donors (Lipinski definition) is 1. The van der Waals surface area contributed by atoms with Gasteiger partial charge in [-0.15, -0.1) is 0 Å². The van der Waals surface area contributed by atoms with Crippen molar-refractivity contribution in [2.24, 2.45) is 0 Å². The van der Waals surface area contributed by atoms with Crippen molar-refractivity contribution in [3.05, 3.63) is 11.6 Å². The summed E-state index contributed by atoms with van der Waals surface area (Å²) in [5.41, 5.74) is 1.00. The highest BCUT2D eigenvalue weighted by Gasteiger charge is 2.37. The predicted octanol–water partition coefficient (Wildman–Crippen LogP) is -0.228. The molecular weight excluding hydrogens is 242 g/mol. The Kier molecular flexibility index (Phi) is 4.60. The summed E-state index contributed by atoms with van der Waals surface area (Å²) in [6, 6.07) is 0.100. The standard InChI is InChI=1S/C14H25N3O2/c1-11(2)8-14(19)17-9-12(13(18)10-17)16-6-4-15(3)5-7-16/h8,12-13,18H,4-7,9-10H2,1-3H3/t12-,13-/m0/s1. The summed E-state index contributed by atoms with van der Waals surface area (Å²) in [6.07, 6.45) is 1.23. The van der Waals surface area contributed by atoms with Crippen molar-refractivity contribution in [1.29, 1.82) is 0 Å². The van der Waals surface area contributed by atoms with E-state index in [9.17, 15) is 9.90 Å². The maximum absolute atomic E-state index is 12.0. The highest BCUT2D eigenvalue weighted by atomic mass is 16.3. The van der Waals surface area contributed by atoms with Gasteiger partial charge < -0.3 is 14.9 Å². The molecular formula is C14H25N3O2. The highest BCUT2D eigenvalue weighted by Crippen LogP contribution is 2.18. The summed E-state index contributed by atoms with van der Waals surface area (Å²) >= 11 is 0. The molecule has 2 heterocycles. The van der Waals surface area contributed by atoms with Gasteiger partial charge in [0.2, 0.25) is 5.91 Å². The molecule has 2 saturated heterocycles. The van der Waals surface area contributed by atoms with E-state index in [1.54, 1.807) is 11.0 Å². The number of hydrogen-bond acceptors (Lipinski definition) is 4. The SMILES string of the molecule is CC(C)=CC(=O)N1C[C@H](O)[C@@H](N2CCN(C)CC2)C1. The maximum Gasteiger partial charge on any atom is 0.246 e. The summed E-state index contributed by atoms with van der Waals surface area (Å²) in [4.78, 5) is 18.4. The van der Waals surface area contributed by atoms with Crippen LogP contribution in [0, 0.1) is 0 Å². The molecule has 2 atom stereocenters. The molecule has 0 aromatic rings. The van der Waals surface area contributed by atoms with Crippen LogP contribution in [0.4, 0.5) is 0 Å². The van der Waals surface area contributed by atoms with Crippen LogP contribution < -0.4 is 0 Å². The van der Waals surface area contributed by atoms with E-state index >= 15 is 0 Å². The summed E-state index contributed by atoms with van der Waals surface area (Å²) in [5, 5.41) is 10.2. The van der Waals surface area contributed by atoms with Gasteiger partial charge in [-0.25, -0.2) is 0 Å². The lowest BCUT2D eigenvalue weighted by atomic mass is 10.1. The second-order valence-corrected chi connectivity index (χ2v) is 5.94. The monoisotopic (exact) mass is 267 g/mol. The van der Waals surface area contributed by atoms with Crippen LogP contribution in [0.3, 0.4) is 0 Å². The number of likely N-dealkylation sites (tertiary alicyclic amines) is 1. The molecule has 0 saturated carbocycles. The zero-order chi connectivity index (χ0) is 14.0. The molecule has 2 rings (SSSR count). The number of amides is 1. The van der Waals surface area contributed by atoms with Crippen molar-refractivity contribution in [1.82, 2.24) is 14.7 Å². The average Bonchev–Trinajstić information content (AvgIpc) is 2.72. The minimum absolute atomic E-state index is 0.0238. The van der Waals surface area contributed by atoms with Gasteiger partial charge in [0.25, 0.3) is 0 Å². The van der Waals surface area contributed by atoms with Gasteiger partial charge in [-0.05, 0) is 20.9 Å². The number of carbonyl (C=O) groups is 1. The van der Waals surface area contributed by atoms with E-state index in [0.717, 1.165) is 31.8 Å². The topological polar surface area (TPSA) is 47.0 Å². The molecule has 2 aliphatic rings. The molecule has 0 aromatic carbocycles. The third-order valence-electron chi connectivity index (χ3n) is 3.99. The quantitative estimate of drug-likeness (QED) is 0.702. The molecule has 0 aliphatic carbocycles. The summed E-state index contributed by atoms with van der Waals surface area (Å²) in [5.74, 6) is 0.0238. The second-order valence-electron chi connectivity index (χ2n) is 5.94. The zero-order valence-corrected chi connectivity index (χ0v) is 12.2. The van der Waals surface area contributed by atoms with Crippen LogP contribution in [0.2, 0.25) is 0 Å². The number of carbonyl (C=O) groups excluding carboxylic acids is 1. The van der Waals surface area contributed by atoms with Crippen molar-refractivity contribution in [3.63, 3.8) is 0 Å². The van der Waals surface area contributed by atoms with Gasteiger partial charge in [-0.3, -0.25) is 9.69 Å². The third kappa shape index (κ3) is 3.55. The lowest BCUT2D eigenvalue weighted by Crippen LogP contribution is -2.52. The van der Waals surface area contributed by atoms with Gasteiger partial charge in [0.15, 0.2) is 0 Å². The Labute approximate surface area is 115 Å². The molecule has 2 fully saturated rings. The van der Waals surface area contributed by atoms with E-state index in [-0.39, 0.29) is 11.9 Å². The Bertz CT molecular complexity index is 358. The van der Waals surface area contributed by atoms with Gasteiger partial charge in [-0.2, -0.15) is 0 Å². The van der Waals surface area contributed by atoms with Crippen LogP contribution in [-0.4, -0.2) is 84.2 Å². The molecule has 5 nitrogen and oxygen atoms in total. The molecule has 1 amide bonds. The first-order valence-electron chi connectivity index (χ1n) is 7.02. The van der Waals surface area contributed by atoms with Crippen LogP contribution in [-0.2, 0) is 4.79 Å². The molecule has 0 unspecified atom stereocenters. The van der Waals surface area contributed by atoms with Gasteiger partial charge in [0.1, 0.15) is 0 Å². The average molecular weight is 267 g/mol. The summed E-state index contributed by atoms with van der Waals surface area (Å²) < 4.78 is 0. The first-order valence-corrected chi connectivity index (χ1v) is 7.02. The number of likely N-dealkylation sites (N-methyl/N-ethyl adjacent to an activating group) is 1. The first-order chi connectivity index (χ1) is 8.97. The first kappa shape index (κ1) is 14.5. The van der Waals surface area contributed by atoms with Crippen molar-refractivity contribution in [2.45, 2.75) is 26.0 Å². The third-order valence-corrected chi connectivity index (χ3v) is 3.99. The van der Waals surface area contributed by atoms with Gasteiger partial charge in [0.05, 0.1) is 12.1 Å². The van der Waals surface area contributed by atoms with Crippen LogP contribution in [0.5, 0.6) is 0 Å². The number of aliphatic hydroxyl groups is 1. The van der Waals surface area contributed by atoms with Gasteiger partial charge >= 0.3 is 0 Å². The number of nitrogens with zero attached hydrogens (tertiary/aromatic N) is 3. The van der Waals surface area contributed by atoms with E-state index in [4.69, 9.17) is 0 Å². The fourth-order valence-corrected chi connectivity index (χ4v) is 2.80. The van der Waals surface area contributed by atoms with Crippen molar-refractivity contribution in [3.8, 4) is 0 Å². The number of allylic oxidation sites excluding steroid dienone is 1. The van der Waals surface area contributed by atoms with Crippen molar-refractivity contribution < 1.29 is 9.90 Å². The Morgan fingerprint density at radius 3 is 2.37 bits per heavy atom. The smallest absolute Gasteiger partial charge is 0.246 e. The van der Waals surface area contributed by atoms with Gasteiger partial charge in [-0.1, -0.05) is 5.57 Å². The Morgan fingerprint density at radius 2 is 1.79 bits per heavy atom. The van der Waals surface area contributed by atoms with Crippen LogP contribution >= 0.6 is 0 Å². The molecule has 2 aliphatic heterocycles. The molecule has 5 heteroatoms. The fourth-order valence-electron chi connectivity index (χ4n) is 2.80. The van der Waals surface area contributed by atoms with Crippen LogP contribution in [0.25, 0.3) is 0 Å². The van der Waals surface area contributed by atoms with E-state index in [0.29, 0.717) is 13.1 Å². The summed E-state index contributed by atoms with van der Waals surface area (Å²) in [7, 11) is 2.12. The lowest BCUT2D eigenvalue weighted by Gasteiger charge is -2.37. The minimum Gasteiger partial charge on any atom is -0.390 e. The van der Waals surface area contributed by atoms with Crippen LogP contribution in [0.15, 0.2) is 11.6 Å². The molecule has 108 valence electrons. The molecule has 1 N–H and O–H groups in total. The molecule has 0 bridgehead atoms. The number of β-amino-alcohol motifs (C(OH)–C–C–N with tert-alkyl or cyclic N) is 1. The van der Waals surface area contributed by atoms with Crippen LogP contribution in [0.1, 0.15) is 13.8 Å². The molecule has 19 heavy (non-hydrogen) atoms.